The summed E-state index contributed by atoms with van der Waals surface area (Å²) in [5, 5.41) is 9.93. The molecule has 0 heterocycles. The van der Waals surface area contributed by atoms with Crippen LogP contribution in [-0.2, 0) is 29.2 Å². The summed E-state index contributed by atoms with van der Waals surface area (Å²) in [5.41, 5.74) is 2.01. The second-order valence-corrected chi connectivity index (χ2v) is 15.3. The van der Waals surface area contributed by atoms with Gasteiger partial charge in [0.25, 0.3) is 0 Å². The zero-order valence-corrected chi connectivity index (χ0v) is 24.5. The molecule has 0 radical (unpaired) electrons. The van der Waals surface area contributed by atoms with Gasteiger partial charge in [-0.25, -0.2) is 0 Å². The van der Waals surface area contributed by atoms with Gasteiger partial charge in [-0.2, -0.15) is 0 Å². The van der Waals surface area contributed by atoms with Gasteiger partial charge in [0.05, 0.1) is 0 Å². The van der Waals surface area contributed by atoms with Gasteiger partial charge in [0.15, 0.2) is 5.78 Å². The third-order valence-electron chi connectivity index (χ3n) is 8.46. The molecule has 0 aliphatic heterocycles. The number of benzene rings is 1. The van der Waals surface area contributed by atoms with Crippen molar-refractivity contribution < 1.29 is 23.5 Å². The average molecular weight is 519 g/mol. The molecule has 0 spiro atoms. The van der Waals surface area contributed by atoms with E-state index in [0.29, 0.717) is 5.75 Å². The van der Waals surface area contributed by atoms with Crippen LogP contribution in [0.2, 0.25) is 0 Å². The highest BCUT2D eigenvalue weighted by molar-refractivity contribution is 7.57. The highest BCUT2D eigenvalue weighted by atomic mass is 31.2. The van der Waals surface area contributed by atoms with Crippen molar-refractivity contribution in [3.8, 4) is 5.75 Å². The van der Waals surface area contributed by atoms with Crippen LogP contribution in [0.5, 0.6) is 5.75 Å². The van der Waals surface area contributed by atoms with Gasteiger partial charge in [-0.15, -0.1) is 0 Å². The first-order valence-corrected chi connectivity index (χ1v) is 15.1. The molecule has 6 heteroatoms. The van der Waals surface area contributed by atoms with E-state index < -0.39 is 12.8 Å². The van der Waals surface area contributed by atoms with Crippen LogP contribution in [0.3, 0.4) is 0 Å². The van der Waals surface area contributed by atoms with Crippen molar-refractivity contribution >= 4 is 19.5 Å². The van der Waals surface area contributed by atoms with Crippen molar-refractivity contribution in [3.63, 3.8) is 0 Å². The van der Waals surface area contributed by atoms with E-state index in [-0.39, 0.29) is 28.4 Å². The lowest BCUT2D eigenvalue weighted by atomic mass is 9.75. The zero-order chi connectivity index (χ0) is 26.9. The number of phenolic OH excluding ortho intramolecular Hbond substituents is 1. The fourth-order valence-corrected chi connectivity index (χ4v) is 9.14. The molecule has 202 valence electrons. The SMILES string of the molecule is COP(=O)(OC)C(C(=O)/C=C/c1cc(C(C)(C)C)c(O)c(C(C)(C)C)c1)(C1CCCC1)C1CCCC1. The Kier molecular flexibility index (Phi) is 8.70. The van der Waals surface area contributed by atoms with Crippen LogP contribution in [0.25, 0.3) is 6.08 Å². The van der Waals surface area contributed by atoms with Crippen molar-refractivity contribution in [2.75, 3.05) is 14.2 Å². The Labute approximate surface area is 218 Å². The van der Waals surface area contributed by atoms with Gasteiger partial charge in [-0.3, -0.25) is 9.36 Å². The third-order valence-corrected chi connectivity index (χ3v) is 11.3. The van der Waals surface area contributed by atoms with Crippen molar-refractivity contribution in [1.82, 2.24) is 0 Å². The number of carbonyl (C=O) groups excluding carboxylic acids is 1. The first-order valence-electron chi connectivity index (χ1n) is 13.5. The van der Waals surface area contributed by atoms with Crippen molar-refractivity contribution in [2.24, 2.45) is 11.8 Å². The van der Waals surface area contributed by atoms with E-state index in [1.807, 2.05) is 18.2 Å². The lowest BCUT2D eigenvalue weighted by molar-refractivity contribution is -0.120. The number of hydrogen-bond donors (Lipinski definition) is 1. The summed E-state index contributed by atoms with van der Waals surface area (Å²) in [5.74, 6) is 0.140. The van der Waals surface area contributed by atoms with Gasteiger partial charge in [0, 0.05) is 25.3 Å². The van der Waals surface area contributed by atoms with E-state index in [4.69, 9.17) is 9.05 Å². The van der Waals surface area contributed by atoms with Crippen LogP contribution in [0.1, 0.15) is 110 Å². The van der Waals surface area contributed by atoms with Crippen molar-refractivity contribution in [3.05, 3.63) is 34.9 Å². The Hall–Kier alpha value is -1.42. The minimum Gasteiger partial charge on any atom is -0.507 e. The fraction of sp³-hybridized carbons (Fsp3) is 0.700. The summed E-state index contributed by atoms with van der Waals surface area (Å²) >= 11 is 0. The summed E-state index contributed by atoms with van der Waals surface area (Å²) in [7, 11) is -0.875. The number of ketones is 1. The first-order chi connectivity index (χ1) is 16.7. The molecule has 0 amide bonds. The molecule has 0 bridgehead atoms. The summed E-state index contributed by atoms with van der Waals surface area (Å²) in [6.45, 7) is 12.5. The molecule has 0 atom stereocenters. The molecule has 0 unspecified atom stereocenters. The molecule has 3 rings (SSSR count). The van der Waals surface area contributed by atoms with Crippen LogP contribution < -0.4 is 0 Å². The smallest absolute Gasteiger partial charge is 0.344 e. The maximum absolute atomic E-state index is 14.3. The topological polar surface area (TPSA) is 72.8 Å². The van der Waals surface area contributed by atoms with Crippen molar-refractivity contribution in [2.45, 2.75) is 109 Å². The normalized spacial score (nSPS) is 19.0. The molecular formula is C30H47O5P. The quantitative estimate of drug-likeness (QED) is 0.277. The fourth-order valence-electron chi connectivity index (χ4n) is 6.63. The number of aromatic hydroxyl groups is 1. The molecule has 5 nitrogen and oxygen atoms in total. The molecule has 2 saturated carbocycles. The highest BCUT2D eigenvalue weighted by Crippen LogP contribution is 2.69. The zero-order valence-electron chi connectivity index (χ0n) is 23.6. The number of phenols is 1. The molecule has 2 aliphatic rings. The molecule has 2 fully saturated rings. The monoisotopic (exact) mass is 518 g/mol. The van der Waals surface area contributed by atoms with Crippen LogP contribution in [-0.4, -0.2) is 30.3 Å². The minimum absolute atomic E-state index is 0.0152. The number of allylic oxidation sites excluding steroid dienone is 1. The highest BCUT2D eigenvalue weighted by Gasteiger charge is 2.64. The molecular weight excluding hydrogens is 471 g/mol. The van der Waals surface area contributed by atoms with E-state index in [9.17, 15) is 14.5 Å². The van der Waals surface area contributed by atoms with Gasteiger partial charge >= 0.3 is 7.60 Å². The Balaban J connectivity index is 2.16. The maximum atomic E-state index is 14.3. The second-order valence-electron chi connectivity index (χ2n) is 12.8. The van der Waals surface area contributed by atoms with Gasteiger partial charge in [0.1, 0.15) is 10.9 Å². The third kappa shape index (κ3) is 5.26. The second kappa shape index (κ2) is 10.8. The Morgan fingerprint density at radius 3 is 1.58 bits per heavy atom. The number of carbonyl (C=O) groups is 1. The summed E-state index contributed by atoms with van der Waals surface area (Å²) < 4.78 is 25.6. The Morgan fingerprint density at radius 2 is 1.25 bits per heavy atom. The molecule has 1 N–H and O–H groups in total. The van der Waals surface area contributed by atoms with Crippen LogP contribution >= 0.6 is 7.60 Å². The van der Waals surface area contributed by atoms with E-state index in [0.717, 1.165) is 68.1 Å². The van der Waals surface area contributed by atoms with Crippen LogP contribution in [0, 0.1) is 11.8 Å². The van der Waals surface area contributed by atoms with Gasteiger partial charge in [0.2, 0.25) is 0 Å². The van der Waals surface area contributed by atoms with Crippen LogP contribution in [0.4, 0.5) is 0 Å². The Bertz CT molecular complexity index is 956. The predicted octanol–water partition coefficient (Wildman–Crippen LogP) is 8.17. The van der Waals surface area contributed by atoms with Gasteiger partial charge in [-0.1, -0.05) is 73.3 Å². The van der Waals surface area contributed by atoms with Gasteiger partial charge in [-0.05, 0) is 72.1 Å². The van der Waals surface area contributed by atoms with Gasteiger partial charge < -0.3 is 14.2 Å². The van der Waals surface area contributed by atoms with E-state index in [2.05, 4.69) is 41.5 Å². The van der Waals surface area contributed by atoms with Crippen molar-refractivity contribution in [1.29, 1.82) is 0 Å². The van der Waals surface area contributed by atoms with E-state index in [1.54, 1.807) is 6.08 Å². The first kappa shape index (κ1) is 29.1. The lowest BCUT2D eigenvalue weighted by Crippen LogP contribution is -2.50. The molecule has 0 aromatic heterocycles. The lowest BCUT2D eigenvalue weighted by Gasteiger charge is -2.44. The van der Waals surface area contributed by atoms with Crippen LogP contribution in [0.15, 0.2) is 18.2 Å². The standard InChI is InChI=1S/C30H47O5P/c1-28(2,3)24-19-21(20-25(27(24)32)29(4,5)6)17-18-26(31)30(22-13-9-10-14-22,23-15-11-12-16-23)36(33,34-7)35-8/h17-20,22-23,32H,9-16H2,1-8H3/b18-17+. The molecule has 36 heavy (non-hydrogen) atoms. The maximum Gasteiger partial charge on any atom is 0.344 e. The molecule has 2 aliphatic carbocycles. The largest absolute Gasteiger partial charge is 0.507 e. The summed E-state index contributed by atoms with van der Waals surface area (Å²) in [6.07, 6.45) is 11.1. The molecule has 1 aromatic carbocycles. The number of hydrogen-bond acceptors (Lipinski definition) is 5. The average Bonchev–Trinajstić information content (AvgIpc) is 3.52. The minimum atomic E-state index is -3.72. The van der Waals surface area contributed by atoms with E-state index >= 15 is 0 Å². The molecule has 1 aromatic rings. The number of rotatable bonds is 8. The predicted molar refractivity (Wildman–Crippen MR) is 148 cm³/mol. The Morgan fingerprint density at radius 1 is 0.861 bits per heavy atom. The summed E-state index contributed by atoms with van der Waals surface area (Å²) in [6, 6.07) is 3.93. The van der Waals surface area contributed by atoms with E-state index in [1.165, 1.54) is 14.2 Å². The molecule has 0 saturated heterocycles. The summed E-state index contributed by atoms with van der Waals surface area (Å²) in [4.78, 5) is 14.3.